The monoisotopic (exact) mass is 101 g/mol. The first kappa shape index (κ1) is 6.34. The quantitative estimate of drug-likeness (QED) is 0.513. The van der Waals surface area contributed by atoms with Crippen molar-refractivity contribution in [3.8, 4) is 0 Å². The molecule has 0 saturated carbocycles. The van der Waals surface area contributed by atoms with Crippen molar-refractivity contribution < 1.29 is 4.39 Å². The largest absolute Gasteiger partial charge is 0.302 e. The average molecular weight is 101 g/mol. The van der Waals surface area contributed by atoms with Crippen molar-refractivity contribution in [2.75, 3.05) is 0 Å². The van der Waals surface area contributed by atoms with Gasteiger partial charge in [0.15, 0.2) is 0 Å². The van der Waals surface area contributed by atoms with E-state index in [1.54, 1.807) is 6.92 Å². The Bertz CT molecular complexity index is 96.3. The molecule has 0 spiro atoms. The second-order valence-corrected chi connectivity index (χ2v) is 1.24. The van der Waals surface area contributed by atoms with E-state index in [4.69, 9.17) is 5.41 Å². The summed E-state index contributed by atoms with van der Waals surface area (Å²) in [4.78, 5) is 0. The van der Waals surface area contributed by atoms with Gasteiger partial charge in [-0.25, -0.2) is 4.39 Å². The lowest BCUT2D eigenvalue weighted by molar-refractivity contribution is 0.680. The van der Waals surface area contributed by atoms with Gasteiger partial charge in [-0.1, -0.05) is 13.5 Å². The fourth-order valence-electron chi connectivity index (χ4n) is 0.192. The standard InChI is InChI=1S/C5H8FN/c1-3-5(7)4(2)6/h7H,2-3H2,1H3. The SMILES string of the molecule is C=C(F)C(=N)CC. The van der Waals surface area contributed by atoms with Crippen LogP contribution >= 0.6 is 0 Å². The summed E-state index contributed by atoms with van der Waals surface area (Å²) in [5.41, 5.74) is -0.0139. The average Bonchev–Trinajstić information content (AvgIpc) is 1.65. The lowest BCUT2D eigenvalue weighted by Gasteiger charge is -1.88. The zero-order chi connectivity index (χ0) is 5.86. The molecule has 0 aromatic heterocycles. The molecule has 7 heavy (non-hydrogen) atoms. The van der Waals surface area contributed by atoms with Crippen LogP contribution < -0.4 is 0 Å². The maximum Gasteiger partial charge on any atom is 0.136 e. The lowest BCUT2D eigenvalue weighted by Crippen LogP contribution is -1.90. The summed E-state index contributed by atoms with van der Waals surface area (Å²) < 4.78 is 11.7. The van der Waals surface area contributed by atoms with Gasteiger partial charge in [-0.3, -0.25) is 0 Å². The molecule has 0 unspecified atom stereocenters. The smallest absolute Gasteiger partial charge is 0.136 e. The number of halogens is 1. The van der Waals surface area contributed by atoms with Crippen LogP contribution in [-0.2, 0) is 0 Å². The minimum atomic E-state index is -0.623. The van der Waals surface area contributed by atoms with Crippen molar-refractivity contribution in [2.24, 2.45) is 0 Å². The van der Waals surface area contributed by atoms with Crippen molar-refractivity contribution in [1.82, 2.24) is 0 Å². The van der Waals surface area contributed by atoms with E-state index in [2.05, 4.69) is 6.58 Å². The summed E-state index contributed by atoms with van der Waals surface area (Å²) in [6.07, 6.45) is 0.426. The highest BCUT2D eigenvalue weighted by Gasteiger charge is 1.93. The number of hydrogen-bond donors (Lipinski definition) is 1. The maximum atomic E-state index is 11.7. The molecular weight excluding hydrogens is 93.1 g/mol. The third-order valence-corrected chi connectivity index (χ3v) is 0.681. The van der Waals surface area contributed by atoms with Gasteiger partial charge in [-0.2, -0.15) is 0 Å². The van der Waals surface area contributed by atoms with Gasteiger partial charge < -0.3 is 5.41 Å². The van der Waals surface area contributed by atoms with Gasteiger partial charge in [-0.15, -0.1) is 0 Å². The van der Waals surface area contributed by atoms with Crippen molar-refractivity contribution in [3.63, 3.8) is 0 Å². The molecule has 0 atom stereocenters. The molecule has 1 N–H and O–H groups in total. The van der Waals surface area contributed by atoms with E-state index in [1.165, 1.54) is 0 Å². The summed E-state index contributed by atoms with van der Waals surface area (Å²) in [7, 11) is 0. The summed E-state index contributed by atoms with van der Waals surface area (Å²) in [5, 5.41) is 6.72. The molecule has 0 saturated heterocycles. The van der Waals surface area contributed by atoms with Crippen LogP contribution in [0.25, 0.3) is 0 Å². The second-order valence-electron chi connectivity index (χ2n) is 1.24. The zero-order valence-corrected chi connectivity index (χ0v) is 4.29. The topological polar surface area (TPSA) is 23.9 Å². The third kappa shape index (κ3) is 2.09. The van der Waals surface area contributed by atoms with Crippen LogP contribution in [0.3, 0.4) is 0 Å². The van der Waals surface area contributed by atoms with Gasteiger partial charge in [0.1, 0.15) is 5.83 Å². The van der Waals surface area contributed by atoms with Gasteiger partial charge in [0.25, 0.3) is 0 Å². The van der Waals surface area contributed by atoms with Crippen LogP contribution in [0.2, 0.25) is 0 Å². The maximum absolute atomic E-state index is 11.7. The second kappa shape index (κ2) is 2.50. The Labute approximate surface area is 42.4 Å². The predicted octanol–water partition coefficient (Wildman–Crippen LogP) is 1.90. The number of rotatable bonds is 2. The third-order valence-electron chi connectivity index (χ3n) is 0.681. The van der Waals surface area contributed by atoms with Crippen LogP contribution in [0.4, 0.5) is 4.39 Å². The highest BCUT2D eigenvalue weighted by Crippen LogP contribution is 1.95. The molecule has 0 fully saturated rings. The van der Waals surface area contributed by atoms with E-state index >= 15 is 0 Å². The lowest BCUT2D eigenvalue weighted by atomic mass is 10.3. The molecule has 0 aromatic rings. The van der Waals surface area contributed by atoms with E-state index in [9.17, 15) is 4.39 Å². The van der Waals surface area contributed by atoms with Crippen molar-refractivity contribution in [1.29, 1.82) is 5.41 Å². The van der Waals surface area contributed by atoms with Crippen LogP contribution in [0.15, 0.2) is 12.4 Å². The van der Waals surface area contributed by atoms with E-state index in [1.807, 2.05) is 0 Å². The molecule has 0 aromatic carbocycles. The van der Waals surface area contributed by atoms with Gasteiger partial charge in [-0.05, 0) is 6.42 Å². The van der Waals surface area contributed by atoms with E-state index in [0.29, 0.717) is 6.42 Å². The van der Waals surface area contributed by atoms with Crippen LogP contribution in [0.1, 0.15) is 13.3 Å². The molecule has 0 amide bonds. The Morgan fingerprint density at radius 1 is 1.86 bits per heavy atom. The molecule has 0 aliphatic heterocycles. The van der Waals surface area contributed by atoms with Crippen molar-refractivity contribution in [2.45, 2.75) is 13.3 Å². The van der Waals surface area contributed by atoms with Gasteiger partial charge in [0.2, 0.25) is 0 Å². The van der Waals surface area contributed by atoms with E-state index < -0.39 is 5.83 Å². The van der Waals surface area contributed by atoms with Crippen molar-refractivity contribution >= 4 is 5.71 Å². The molecule has 0 aliphatic rings. The fourth-order valence-corrected chi connectivity index (χ4v) is 0.192. The van der Waals surface area contributed by atoms with Crippen LogP contribution in [-0.4, -0.2) is 5.71 Å². The highest BCUT2D eigenvalue weighted by atomic mass is 19.1. The zero-order valence-electron chi connectivity index (χ0n) is 4.29. The molecule has 0 aliphatic carbocycles. The fraction of sp³-hybridized carbons (Fsp3) is 0.400. The number of nitrogens with one attached hydrogen (secondary N) is 1. The molecule has 2 heteroatoms. The summed E-state index contributed by atoms with van der Waals surface area (Å²) in [6.45, 7) is 4.65. The molecule has 0 bridgehead atoms. The molecule has 0 rings (SSSR count). The minimum absolute atomic E-state index is 0.0139. The first-order valence-electron chi connectivity index (χ1n) is 2.10. The normalized spacial score (nSPS) is 8.29. The first-order valence-corrected chi connectivity index (χ1v) is 2.10. The summed E-state index contributed by atoms with van der Waals surface area (Å²) >= 11 is 0. The molecule has 1 nitrogen and oxygen atoms in total. The molecule has 0 heterocycles. The number of allylic oxidation sites excluding steroid dienone is 1. The molecule has 0 radical (unpaired) electrons. The Hall–Kier alpha value is -0.660. The van der Waals surface area contributed by atoms with Crippen LogP contribution in [0, 0.1) is 5.41 Å². The Kier molecular flexibility index (Phi) is 2.27. The van der Waals surface area contributed by atoms with Crippen LogP contribution in [0.5, 0.6) is 0 Å². The number of hydrogen-bond acceptors (Lipinski definition) is 1. The summed E-state index contributed by atoms with van der Waals surface area (Å²) in [5.74, 6) is -0.623. The van der Waals surface area contributed by atoms with Gasteiger partial charge >= 0.3 is 0 Å². The Morgan fingerprint density at radius 2 is 2.29 bits per heavy atom. The van der Waals surface area contributed by atoms with E-state index in [0.717, 1.165) is 0 Å². The Balaban J connectivity index is 3.58. The predicted molar refractivity (Wildman–Crippen MR) is 28.3 cm³/mol. The van der Waals surface area contributed by atoms with Gasteiger partial charge in [0.05, 0.1) is 5.71 Å². The summed E-state index contributed by atoms with van der Waals surface area (Å²) in [6, 6.07) is 0. The van der Waals surface area contributed by atoms with Gasteiger partial charge in [0, 0.05) is 0 Å². The molecule has 40 valence electrons. The highest BCUT2D eigenvalue weighted by molar-refractivity contribution is 5.94. The van der Waals surface area contributed by atoms with E-state index in [-0.39, 0.29) is 5.71 Å². The Morgan fingerprint density at radius 3 is 2.29 bits per heavy atom. The molecular formula is C5H8FN. The minimum Gasteiger partial charge on any atom is -0.302 e. The van der Waals surface area contributed by atoms with Crippen molar-refractivity contribution in [3.05, 3.63) is 12.4 Å². The first-order chi connectivity index (χ1) is 3.18.